The predicted octanol–water partition coefficient (Wildman–Crippen LogP) is 4.30. The van der Waals surface area contributed by atoms with E-state index in [4.69, 9.17) is 11.6 Å². The summed E-state index contributed by atoms with van der Waals surface area (Å²) in [5.74, 6) is 0.0349. The molecule has 152 valence electrons. The molecule has 7 heteroatoms. The number of hydrazine groups is 1. The van der Waals surface area contributed by atoms with Gasteiger partial charge in [-0.15, -0.1) is 4.41 Å². The lowest BCUT2D eigenvalue weighted by molar-refractivity contribution is 0.0881. The molecule has 2 atom stereocenters. The molecule has 1 fully saturated rings. The normalized spacial score (nSPS) is 21.5. The lowest BCUT2D eigenvalue weighted by Crippen LogP contribution is -2.49. The average molecular weight is 422 g/mol. The number of likely N-dealkylation sites (N-methyl/N-ethyl adjacent to an activating group) is 1. The van der Waals surface area contributed by atoms with Crippen LogP contribution in [0, 0.1) is 0 Å². The van der Waals surface area contributed by atoms with Crippen molar-refractivity contribution in [1.29, 1.82) is 0 Å². The van der Waals surface area contributed by atoms with Gasteiger partial charge in [0.05, 0.1) is 6.04 Å². The fourth-order valence-corrected chi connectivity index (χ4v) is 6.02. The van der Waals surface area contributed by atoms with Crippen LogP contribution in [0.1, 0.15) is 43.9 Å². The summed E-state index contributed by atoms with van der Waals surface area (Å²) >= 11 is 6.10. The standard InChI is InChI=1S/C21H28ClN3O2S/c1-4-23-16-20(17-10-8-7-9-11-17)21(18-12-14-19(22)15-13-18)25(23)28(26,27)24(5-2)6-3/h7-15,20-21H,4-6,16H2,1-3H3. The minimum absolute atomic E-state index is 0.0349. The van der Waals surface area contributed by atoms with Crippen LogP contribution in [0.15, 0.2) is 54.6 Å². The second-order valence-corrected chi connectivity index (χ2v) is 9.11. The van der Waals surface area contributed by atoms with Gasteiger partial charge in [0.25, 0.3) is 10.2 Å². The van der Waals surface area contributed by atoms with Crippen LogP contribution in [-0.4, -0.2) is 48.3 Å². The maximum absolute atomic E-state index is 13.6. The molecule has 2 aromatic carbocycles. The van der Waals surface area contributed by atoms with Gasteiger partial charge in [0.1, 0.15) is 0 Å². The van der Waals surface area contributed by atoms with E-state index in [1.165, 1.54) is 4.31 Å². The lowest BCUT2D eigenvalue weighted by Gasteiger charge is -2.35. The summed E-state index contributed by atoms with van der Waals surface area (Å²) in [6, 6.07) is 17.4. The fourth-order valence-electron chi connectivity index (χ4n) is 3.97. The summed E-state index contributed by atoms with van der Waals surface area (Å²) < 4.78 is 30.3. The van der Waals surface area contributed by atoms with E-state index in [0.717, 1.165) is 11.1 Å². The summed E-state index contributed by atoms with van der Waals surface area (Å²) in [6.07, 6.45) is 0. The van der Waals surface area contributed by atoms with Crippen molar-refractivity contribution in [3.63, 3.8) is 0 Å². The first-order valence-electron chi connectivity index (χ1n) is 9.78. The lowest BCUT2D eigenvalue weighted by atomic mass is 9.89. The molecule has 1 heterocycles. The molecule has 2 aromatic rings. The highest BCUT2D eigenvalue weighted by Gasteiger charge is 2.48. The zero-order chi connectivity index (χ0) is 20.3. The highest BCUT2D eigenvalue weighted by molar-refractivity contribution is 7.86. The van der Waals surface area contributed by atoms with E-state index < -0.39 is 10.2 Å². The second kappa shape index (κ2) is 8.93. The van der Waals surface area contributed by atoms with Gasteiger partial charge >= 0.3 is 0 Å². The van der Waals surface area contributed by atoms with Gasteiger partial charge in [-0.2, -0.15) is 12.7 Å². The van der Waals surface area contributed by atoms with Gasteiger partial charge in [0.2, 0.25) is 0 Å². The highest BCUT2D eigenvalue weighted by Crippen LogP contribution is 2.45. The van der Waals surface area contributed by atoms with Gasteiger partial charge < -0.3 is 0 Å². The third-order valence-corrected chi connectivity index (χ3v) is 7.73. The average Bonchev–Trinajstić information content (AvgIpc) is 3.10. The Balaban J connectivity index is 2.15. The van der Waals surface area contributed by atoms with Gasteiger partial charge in [-0.3, -0.25) is 0 Å². The third kappa shape index (κ3) is 3.98. The van der Waals surface area contributed by atoms with Crippen LogP contribution in [0.5, 0.6) is 0 Å². The van der Waals surface area contributed by atoms with Crippen LogP contribution in [-0.2, 0) is 10.2 Å². The van der Waals surface area contributed by atoms with Crippen molar-refractivity contribution in [3.8, 4) is 0 Å². The topological polar surface area (TPSA) is 43.9 Å². The molecule has 0 aromatic heterocycles. The summed E-state index contributed by atoms with van der Waals surface area (Å²) in [6.45, 7) is 7.89. The Morgan fingerprint density at radius 2 is 1.57 bits per heavy atom. The van der Waals surface area contributed by atoms with Crippen molar-refractivity contribution < 1.29 is 8.42 Å². The maximum atomic E-state index is 13.6. The van der Waals surface area contributed by atoms with Gasteiger partial charge in [0.15, 0.2) is 0 Å². The van der Waals surface area contributed by atoms with Crippen molar-refractivity contribution in [2.75, 3.05) is 26.2 Å². The molecule has 0 aliphatic carbocycles. The number of benzene rings is 2. The minimum Gasteiger partial charge on any atom is -0.226 e. The number of rotatable bonds is 7. The monoisotopic (exact) mass is 421 g/mol. The number of halogens is 1. The molecule has 0 saturated carbocycles. The van der Waals surface area contributed by atoms with E-state index in [0.29, 0.717) is 31.2 Å². The highest BCUT2D eigenvalue weighted by atomic mass is 35.5. The zero-order valence-electron chi connectivity index (χ0n) is 16.6. The summed E-state index contributed by atoms with van der Waals surface area (Å²) in [5.41, 5.74) is 2.09. The van der Waals surface area contributed by atoms with Crippen LogP contribution in [0.4, 0.5) is 0 Å². The molecule has 5 nitrogen and oxygen atoms in total. The van der Waals surface area contributed by atoms with Gasteiger partial charge in [-0.05, 0) is 23.3 Å². The summed E-state index contributed by atoms with van der Waals surface area (Å²) in [7, 11) is -3.65. The van der Waals surface area contributed by atoms with E-state index in [1.807, 2.05) is 68.2 Å². The summed E-state index contributed by atoms with van der Waals surface area (Å²) in [4.78, 5) is 0. The quantitative estimate of drug-likeness (QED) is 0.669. The van der Waals surface area contributed by atoms with E-state index in [1.54, 1.807) is 4.41 Å². The number of hydrogen-bond acceptors (Lipinski definition) is 3. The Morgan fingerprint density at radius 3 is 2.11 bits per heavy atom. The van der Waals surface area contributed by atoms with Gasteiger partial charge in [0, 0.05) is 37.1 Å². The van der Waals surface area contributed by atoms with Crippen LogP contribution in [0.2, 0.25) is 5.02 Å². The summed E-state index contributed by atoms with van der Waals surface area (Å²) in [5, 5.41) is 2.59. The first-order valence-corrected chi connectivity index (χ1v) is 11.6. The molecule has 0 radical (unpaired) electrons. The molecule has 2 unspecified atom stereocenters. The second-order valence-electron chi connectivity index (χ2n) is 6.88. The third-order valence-electron chi connectivity index (χ3n) is 5.38. The van der Waals surface area contributed by atoms with Gasteiger partial charge in [-0.25, -0.2) is 5.01 Å². The SMILES string of the molecule is CCN1CC(c2ccccc2)C(c2ccc(Cl)cc2)N1S(=O)(=O)N(CC)CC. The predicted molar refractivity (Wildman–Crippen MR) is 114 cm³/mol. The Bertz CT molecular complexity index is 870. The van der Waals surface area contributed by atoms with Crippen molar-refractivity contribution in [2.45, 2.75) is 32.7 Å². The molecular weight excluding hydrogens is 394 g/mol. The molecule has 3 rings (SSSR count). The first-order chi connectivity index (χ1) is 13.4. The largest absolute Gasteiger partial charge is 0.295 e. The Hall–Kier alpha value is -1.44. The zero-order valence-corrected chi connectivity index (χ0v) is 18.2. The van der Waals surface area contributed by atoms with Crippen molar-refractivity contribution in [3.05, 3.63) is 70.7 Å². The molecule has 0 bridgehead atoms. The maximum Gasteiger partial charge on any atom is 0.295 e. The Kier molecular flexibility index (Phi) is 6.78. The van der Waals surface area contributed by atoms with Crippen molar-refractivity contribution >= 4 is 21.8 Å². The molecule has 1 saturated heterocycles. The van der Waals surface area contributed by atoms with E-state index in [2.05, 4.69) is 12.1 Å². The molecule has 0 N–H and O–H groups in total. The van der Waals surface area contributed by atoms with E-state index >= 15 is 0 Å². The molecule has 1 aliphatic heterocycles. The van der Waals surface area contributed by atoms with Crippen LogP contribution < -0.4 is 0 Å². The Labute approximate surface area is 173 Å². The van der Waals surface area contributed by atoms with Crippen LogP contribution >= 0.6 is 11.6 Å². The van der Waals surface area contributed by atoms with Crippen LogP contribution in [0.25, 0.3) is 0 Å². The molecular formula is C21H28ClN3O2S. The van der Waals surface area contributed by atoms with Crippen molar-refractivity contribution in [2.24, 2.45) is 0 Å². The Morgan fingerprint density at radius 1 is 0.964 bits per heavy atom. The molecule has 0 amide bonds. The minimum atomic E-state index is -3.65. The molecule has 1 aliphatic rings. The van der Waals surface area contributed by atoms with Crippen LogP contribution in [0.3, 0.4) is 0 Å². The molecule has 28 heavy (non-hydrogen) atoms. The number of hydrogen-bond donors (Lipinski definition) is 0. The van der Waals surface area contributed by atoms with Gasteiger partial charge in [-0.1, -0.05) is 74.8 Å². The molecule has 0 spiro atoms. The first kappa shape index (κ1) is 21.3. The van der Waals surface area contributed by atoms with Crippen molar-refractivity contribution in [1.82, 2.24) is 13.7 Å². The number of nitrogens with zero attached hydrogens (tertiary/aromatic N) is 3. The smallest absolute Gasteiger partial charge is 0.226 e. The van der Waals surface area contributed by atoms with E-state index in [9.17, 15) is 8.42 Å². The fraction of sp³-hybridized carbons (Fsp3) is 0.429. The van der Waals surface area contributed by atoms with E-state index in [-0.39, 0.29) is 12.0 Å².